The van der Waals surface area contributed by atoms with E-state index < -0.39 is 21.9 Å². The predicted molar refractivity (Wildman–Crippen MR) is 58.9 cm³/mol. The van der Waals surface area contributed by atoms with Crippen LogP contribution < -0.4 is 4.74 Å². The molecule has 1 aromatic heterocycles. The molecule has 0 amide bonds. The molecule has 94 valence electrons. The summed E-state index contributed by atoms with van der Waals surface area (Å²) in [6.45, 7) is 0. The first-order valence-electron chi connectivity index (χ1n) is 4.83. The van der Waals surface area contributed by atoms with Crippen LogP contribution in [0.15, 0.2) is 41.6 Å². The van der Waals surface area contributed by atoms with Crippen molar-refractivity contribution in [2.24, 2.45) is 0 Å². The molecule has 0 radical (unpaired) electrons. The Morgan fingerprint density at radius 2 is 1.89 bits per heavy atom. The van der Waals surface area contributed by atoms with E-state index in [4.69, 9.17) is 4.74 Å². The van der Waals surface area contributed by atoms with Crippen molar-refractivity contribution >= 4 is 9.84 Å². The molecule has 6 nitrogen and oxygen atoms in total. The maximum Gasteiger partial charge on any atom is 0.322 e. The second kappa shape index (κ2) is 5.05. The van der Waals surface area contributed by atoms with Gasteiger partial charge in [0.05, 0.1) is 4.90 Å². The monoisotopic (exact) mass is 269 g/mol. The summed E-state index contributed by atoms with van der Waals surface area (Å²) in [6, 6.07) is 7.38. The van der Waals surface area contributed by atoms with Crippen molar-refractivity contribution in [3.05, 3.63) is 42.7 Å². The van der Waals surface area contributed by atoms with Crippen molar-refractivity contribution in [3.63, 3.8) is 0 Å². The van der Waals surface area contributed by atoms with Crippen molar-refractivity contribution < 1.29 is 17.5 Å². The van der Waals surface area contributed by atoms with E-state index in [-0.39, 0.29) is 10.9 Å². The Balaban J connectivity index is 2.11. The Bertz CT molecular complexity index is 634. The summed E-state index contributed by atoms with van der Waals surface area (Å²) < 4.78 is 41.0. The summed E-state index contributed by atoms with van der Waals surface area (Å²) in [5.74, 6) is -0.666. The number of halogens is 1. The minimum absolute atomic E-state index is 0.111. The van der Waals surface area contributed by atoms with E-state index in [0.717, 1.165) is 6.33 Å². The lowest BCUT2D eigenvalue weighted by molar-refractivity contribution is 0.334. The molecule has 0 aliphatic carbocycles. The van der Waals surface area contributed by atoms with Crippen molar-refractivity contribution in [1.29, 1.82) is 0 Å². The molecule has 2 rings (SSSR count). The molecular formula is C10H8FN3O3S. The molecule has 0 atom stereocenters. The first-order valence-corrected chi connectivity index (χ1v) is 6.48. The standard InChI is InChI=1S/C10H8FN3O3S/c11-9-12-6-13-10(14-9)17-7-18(15,16)8-4-2-1-3-5-8/h1-6H,7H2. The van der Waals surface area contributed by atoms with Gasteiger partial charge in [0, 0.05) is 0 Å². The van der Waals surface area contributed by atoms with Gasteiger partial charge < -0.3 is 4.74 Å². The van der Waals surface area contributed by atoms with Gasteiger partial charge in [-0.3, -0.25) is 0 Å². The quantitative estimate of drug-likeness (QED) is 0.817. The lowest BCUT2D eigenvalue weighted by Gasteiger charge is -2.05. The highest BCUT2D eigenvalue weighted by atomic mass is 32.2. The summed E-state index contributed by atoms with van der Waals surface area (Å²) in [4.78, 5) is 9.92. The van der Waals surface area contributed by atoms with Crippen LogP contribution in [0.1, 0.15) is 0 Å². The van der Waals surface area contributed by atoms with E-state index in [1.165, 1.54) is 12.1 Å². The minimum Gasteiger partial charge on any atom is -0.447 e. The van der Waals surface area contributed by atoms with Gasteiger partial charge >= 0.3 is 12.1 Å². The van der Waals surface area contributed by atoms with Gasteiger partial charge in [0.25, 0.3) is 0 Å². The van der Waals surface area contributed by atoms with Gasteiger partial charge in [-0.15, -0.1) is 4.98 Å². The van der Waals surface area contributed by atoms with E-state index >= 15 is 0 Å². The number of rotatable bonds is 4. The summed E-state index contributed by atoms with van der Waals surface area (Å²) in [6.07, 6.45) is -0.135. The molecule has 0 saturated carbocycles. The number of ether oxygens (including phenoxy) is 1. The molecule has 0 bridgehead atoms. The van der Waals surface area contributed by atoms with Crippen molar-refractivity contribution in [1.82, 2.24) is 15.0 Å². The zero-order valence-corrected chi connectivity index (χ0v) is 9.84. The van der Waals surface area contributed by atoms with Crippen LogP contribution in [0.5, 0.6) is 6.01 Å². The minimum atomic E-state index is -3.62. The molecule has 1 heterocycles. The maximum absolute atomic E-state index is 12.6. The van der Waals surface area contributed by atoms with Crippen molar-refractivity contribution in [2.45, 2.75) is 4.90 Å². The Morgan fingerprint density at radius 3 is 2.56 bits per heavy atom. The number of benzene rings is 1. The highest BCUT2D eigenvalue weighted by Crippen LogP contribution is 2.11. The fourth-order valence-electron chi connectivity index (χ4n) is 1.16. The Labute approximate surface area is 102 Å². The predicted octanol–water partition coefficient (Wildman–Crippen LogP) is 0.821. The molecule has 1 aromatic carbocycles. The van der Waals surface area contributed by atoms with Crippen LogP contribution in [-0.4, -0.2) is 29.3 Å². The molecule has 0 unspecified atom stereocenters. The zero-order valence-electron chi connectivity index (χ0n) is 9.02. The van der Waals surface area contributed by atoms with Crippen LogP contribution in [0.2, 0.25) is 0 Å². The van der Waals surface area contributed by atoms with Gasteiger partial charge in [-0.25, -0.2) is 8.42 Å². The van der Waals surface area contributed by atoms with E-state index in [1.54, 1.807) is 18.2 Å². The molecule has 0 N–H and O–H groups in total. The fourth-order valence-corrected chi connectivity index (χ4v) is 2.13. The number of sulfone groups is 1. The summed E-state index contributed by atoms with van der Waals surface area (Å²) >= 11 is 0. The third-order valence-electron chi connectivity index (χ3n) is 1.97. The number of hydrogen-bond donors (Lipinski definition) is 0. The van der Waals surface area contributed by atoms with Crippen LogP contribution in [0.3, 0.4) is 0 Å². The normalized spacial score (nSPS) is 11.2. The van der Waals surface area contributed by atoms with E-state index in [1.807, 2.05) is 0 Å². The van der Waals surface area contributed by atoms with Crippen molar-refractivity contribution in [3.8, 4) is 6.01 Å². The average molecular weight is 269 g/mol. The van der Waals surface area contributed by atoms with Gasteiger partial charge in [-0.05, 0) is 12.1 Å². The fraction of sp³-hybridized carbons (Fsp3) is 0.100. The molecule has 0 aliphatic heterocycles. The second-order valence-corrected chi connectivity index (χ2v) is 5.16. The van der Waals surface area contributed by atoms with Gasteiger partial charge in [0.15, 0.2) is 5.94 Å². The topological polar surface area (TPSA) is 82.0 Å². The first-order chi connectivity index (χ1) is 8.58. The Hall–Kier alpha value is -2.09. The third-order valence-corrected chi connectivity index (χ3v) is 3.38. The molecule has 18 heavy (non-hydrogen) atoms. The van der Waals surface area contributed by atoms with Crippen LogP contribution in [0.4, 0.5) is 4.39 Å². The number of aromatic nitrogens is 3. The van der Waals surface area contributed by atoms with Gasteiger partial charge in [0.1, 0.15) is 6.33 Å². The highest BCUT2D eigenvalue weighted by molar-refractivity contribution is 7.91. The summed E-state index contributed by atoms with van der Waals surface area (Å²) in [5.41, 5.74) is 0. The molecule has 0 saturated heterocycles. The van der Waals surface area contributed by atoms with Gasteiger partial charge in [-0.1, -0.05) is 18.2 Å². The van der Waals surface area contributed by atoms with Crippen molar-refractivity contribution in [2.75, 3.05) is 5.94 Å². The second-order valence-electron chi connectivity index (χ2n) is 3.23. The van der Waals surface area contributed by atoms with E-state index in [0.29, 0.717) is 0 Å². The summed E-state index contributed by atoms with van der Waals surface area (Å²) in [7, 11) is -3.62. The van der Waals surface area contributed by atoms with E-state index in [9.17, 15) is 12.8 Å². The number of nitrogens with zero attached hydrogens (tertiary/aromatic N) is 3. The Kier molecular flexibility index (Phi) is 3.47. The number of hydrogen-bond acceptors (Lipinski definition) is 6. The lowest BCUT2D eigenvalue weighted by atomic mass is 10.4. The summed E-state index contributed by atoms with van der Waals surface area (Å²) in [5, 5.41) is 0. The molecule has 0 aliphatic rings. The highest BCUT2D eigenvalue weighted by Gasteiger charge is 2.15. The SMILES string of the molecule is O=S(=O)(COc1ncnc(F)n1)c1ccccc1. The molecule has 2 aromatic rings. The van der Waals surface area contributed by atoms with Crippen LogP contribution >= 0.6 is 0 Å². The Morgan fingerprint density at radius 1 is 1.17 bits per heavy atom. The molecule has 0 fully saturated rings. The smallest absolute Gasteiger partial charge is 0.322 e. The molecule has 0 spiro atoms. The average Bonchev–Trinajstić information content (AvgIpc) is 2.38. The largest absolute Gasteiger partial charge is 0.447 e. The maximum atomic E-state index is 12.6. The third kappa shape index (κ3) is 2.98. The first kappa shape index (κ1) is 12.4. The molecular weight excluding hydrogens is 261 g/mol. The zero-order chi connectivity index (χ0) is 13.0. The lowest BCUT2D eigenvalue weighted by Crippen LogP contribution is -2.14. The van der Waals surface area contributed by atoms with Gasteiger partial charge in [-0.2, -0.15) is 14.4 Å². The van der Waals surface area contributed by atoms with Crippen LogP contribution in [0.25, 0.3) is 0 Å². The van der Waals surface area contributed by atoms with Crippen LogP contribution in [0, 0.1) is 6.08 Å². The molecule has 8 heteroatoms. The van der Waals surface area contributed by atoms with Gasteiger partial charge in [0.2, 0.25) is 9.84 Å². The van der Waals surface area contributed by atoms with E-state index in [2.05, 4.69) is 15.0 Å². The van der Waals surface area contributed by atoms with Crippen LogP contribution in [-0.2, 0) is 9.84 Å².